The number of para-hydroxylation sites is 1. The summed E-state index contributed by atoms with van der Waals surface area (Å²) >= 11 is 0. The molecular weight excluding hydrogens is 316 g/mol. The second-order valence-electron chi connectivity index (χ2n) is 6.53. The van der Waals surface area contributed by atoms with Gasteiger partial charge in [-0.3, -0.25) is 9.69 Å². The highest BCUT2D eigenvalue weighted by atomic mass is 16.5. The molecule has 1 aliphatic heterocycles. The Morgan fingerprint density at radius 1 is 1.28 bits per heavy atom. The van der Waals surface area contributed by atoms with E-state index in [-0.39, 0.29) is 5.91 Å². The number of benzene rings is 1. The number of hydrogen-bond acceptors (Lipinski definition) is 4. The van der Waals surface area contributed by atoms with Crippen LogP contribution in [0.2, 0.25) is 0 Å². The van der Waals surface area contributed by atoms with Crippen LogP contribution >= 0.6 is 0 Å². The number of nitrogens with one attached hydrogen (secondary N) is 2. The monoisotopic (exact) mass is 338 g/mol. The Hall–Kier alpha value is -2.60. The molecule has 2 aromatic heterocycles. The first kappa shape index (κ1) is 15.9. The van der Waals surface area contributed by atoms with Crippen LogP contribution in [0.4, 0.5) is 0 Å². The van der Waals surface area contributed by atoms with E-state index in [1.807, 2.05) is 18.3 Å². The Bertz CT molecular complexity index is 861. The zero-order chi connectivity index (χ0) is 17.1. The van der Waals surface area contributed by atoms with Crippen molar-refractivity contribution >= 4 is 16.8 Å². The molecule has 0 unspecified atom stereocenters. The van der Waals surface area contributed by atoms with Gasteiger partial charge in [-0.1, -0.05) is 23.4 Å². The fraction of sp³-hybridized carbons (Fsp3) is 0.368. The molecule has 25 heavy (non-hydrogen) atoms. The number of likely N-dealkylation sites (tertiary alicyclic amines) is 1. The molecule has 1 fully saturated rings. The molecule has 2 N–H and O–H groups in total. The van der Waals surface area contributed by atoms with Crippen molar-refractivity contribution in [1.29, 1.82) is 0 Å². The number of aromatic amines is 1. The second kappa shape index (κ2) is 7.11. The van der Waals surface area contributed by atoms with E-state index in [9.17, 15) is 4.79 Å². The van der Waals surface area contributed by atoms with E-state index in [0.717, 1.165) is 37.3 Å². The van der Waals surface area contributed by atoms with Crippen molar-refractivity contribution in [2.45, 2.75) is 25.8 Å². The summed E-state index contributed by atoms with van der Waals surface area (Å²) in [6.45, 7) is 3.48. The third-order valence-electron chi connectivity index (χ3n) is 4.72. The highest BCUT2D eigenvalue weighted by Crippen LogP contribution is 2.18. The highest BCUT2D eigenvalue weighted by Gasteiger charge is 2.17. The SMILES string of the molecule is O=C(NCCc1c[nH]c2ccccc12)c1cc(CN2CCCC2)on1. The Morgan fingerprint density at radius 2 is 2.12 bits per heavy atom. The second-order valence-corrected chi connectivity index (χ2v) is 6.53. The van der Waals surface area contributed by atoms with Gasteiger partial charge in [-0.05, 0) is 44.0 Å². The summed E-state index contributed by atoms with van der Waals surface area (Å²) in [5, 5.41) is 8.02. The van der Waals surface area contributed by atoms with Gasteiger partial charge in [0.2, 0.25) is 0 Å². The van der Waals surface area contributed by atoms with Crippen molar-refractivity contribution in [3.05, 3.63) is 53.5 Å². The molecular formula is C19H22N4O2. The Morgan fingerprint density at radius 3 is 3.00 bits per heavy atom. The minimum absolute atomic E-state index is 0.184. The van der Waals surface area contributed by atoms with Gasteiger partial charge in [-0.15, -0.1) is 0 Å². The molecule has 0 saturated carbocycles. The van der Waals surface area contributed by atoms with Crippen LogP contribution in [0.15, 0.2) is 41.1 Å². The average Bonchev–Trinajstić information content (AvgIpc) is 3.37. The van der Waals surface area contributed by atoms with Crippen LogP contribution in [0.25, 0.3) is 10.9 Å². The number of rotatable bonds is 6. The number of nitrogens with zero attached hydrogens (tertiary/aromatic N) is 2. The standard InChI is InChI=1S/C19H22N4O2/c24-19(18-11-15(25-22-18)13-23-9-3-4-10-23)20-8-7-14-12-21-17-6-2-1-5-16(14)17/h1-2,5-6,11-12,21H,3-4,7-10,13H2,(H,20,24). The van der Waals surface area contributed by atoms with Crippen molar-refractivity contribution in [2.75, 3.05) is 19.6 Å². The first-order chi connectivity index (χ1) is 12.3. The lowest BCUT2D eigenvalue weighted by molar-refractivity contribution is 0.0945. The number of hydrogen-bond donors (Lipinski definition) is 2. The third-order valence-corrected chi connectivity index (χ3v) is 4.72. The van der Waals surface area contributed by atoms with Gasteiger partial charge in [0.05, 0.1) is 6.54 Å². The van der Waals surface area contributed by atoms with Gasteiger partial charge in [0, 0.05) is 29.7 Å². The normalized spacial score (nSPS) is 15.0. The third kappa shape index (κ3) is 3.58. The number of aromatic nitrogens is 2. The summed E-state index contributed by atoms with van der Waals surface area (Å²) < 4.78 is 5.30. The van der Waals surface area contributed by atoms with Crippen LogP contribution in [-0.4, -0.2) is 40.6 Å². The number of fused-ring (bicyclic) bond motifs is 1. The van der Waals surface area contributed by atoms with Crippen LogP contribution in [0.5, 0.6) is 0 Å². The van der Waals surface area contributed by atoms with E-state index in [0.29, 0.717) is 12.2 Å². The Kier molecular flexibility index (Phi) is 4.52. The quantitative estimate of drug-likeness (QED) is 0.725. The smallest absolute Gasteiger partial charge is 0.273 e. The fourth-order valence-corrected chi connectivity index (χ4v) is 3.40. The average molecular weight is 338 g/mol. The molecule has 1 aliphatic rings. The van der Waals surface area contributed by atoms with Gasteiger partial charge >= 0.3 is 0 Å². The molecule has 1 aromatic carbocycles. The molecule has 6 nitrogen and oxygen atoms in total. The van der Waals surface area contributed by atoms with Crippen LogP contribution in [0.3, 0.4) is 0 Å². The van der Waals surface area contributed by atoms with Crippen molar-refractivity contribution in [2.24, 2.45) is 0 Å². The molecule has 1 amide bonds. The molecule has 3 heterocycles. The van der Waals surface area contributed by atoms with Gasteiger partial charge < -0.3 is 14.8 Å². The molecule has 1 saturated heterocycles. The molecule has 4 rings (SSSR count). The van der Waals surface area contributed by atoms with E-state index in [1.54, 1.807) is 6.07 Å². The number of carbonyl (C=O) groups excluding carboxylic acids is 1. The van der Waals surface area contributed by atoms with Crippen LogP contribution in [-0.2, 0) is 13.0 Å². The highest BCUT2D eigenvalue weighted by molar-refractivity contribution is 5.92. The number of H-pyrrole nitrogens is 1. The largest absolute Gasteiger partial charge is 0.361 e. The summed E-state index contributed by atoms with van der Waals surface area (Å²) in [6, 6.07) is 9.92. The minimum Gasteiger partial charge on any atom is -0.361 e. The maximum Gasteiger partial charge on any atom is 0.273 e. The fourth-order valence-electron chi connectivity index (χ4n) is 3.40. The van der Waals surface area contributed by atoms with Gasteiger partial charge in [0.1, 0.15) is 0 Å². The molecule has 0 radical (unpaired) electrons. The van der Waals surface area contributed by atoms with Gasteiger partial charge in [0.15, 0.2) is 11.5 Å². The number of carbonyl (C=O) groups is 1. The van der Waals surface area contributed by atoms with E-state index in [2.05, 4.69) is 32.5 Å². The van der Waals surface area contributed by atoms with E-state index in [1.165, 1.54) is 23.8 Å². The molecule has 3 aromatic rings. The van der Waals surface area contributed by atoms with Crippen molar-refractivity contribution in [3.63, 3.8) is 0 Å². The first-order valence-electron chi connectivity index (χ1n) is 8.81. The van der Waals surface area contributed by atoms with Gasteiger partial charge in [-0.25, -0.2) is 0 Å². The maximum absolute atomic E-state index is 12.2. The summed E-state index contributed by atoms with van der Waals surface area (Å²) in [5.74, 6) is 0.569. The zero-order valence-corrected chi connectivity index (χ0v) is 14.1. The molecule has 0 bridgehead atoms. The minimum atomic E-state index is -0.184. The summed E-state index contributed by atoms with van der Waals surface area (Å²) in [7, 11) is 0. The topological polar surface area (TPSA) is 74.2 Å². The van der Waals surface area contributed by atoms with Crippen molar-refractivity contribution < 1.29 is 9.32 Å². The summed E-state index contributed by atoms with van der Waals surface area (Å²) in [4.78, 5) is 17.8. The maximum atomic E-state index is 12.2. The van der Waals surface area contributed by atoms with Gasteiger partial charge in [0.25, 0.3) is 5.91 Å². The molecule has 6 heteroatoms. The number of amides is 1. The molecule has 0 atom stereocenters. The lowest BCUT2D eigenvalue weighted by atomic mass is 10.1. The van der Waals surface area contributed by atoms with Crippen LogP contribution in [0, 0.1) is 0 Å². The lowest BCUT2D eigenvalue weighted by Gasteiger charge is -2.10. The first-order valence-corrected chi connectivity index (χ1v) is 8.81. The molecule has 130 valence electrons. The molecule has 0 aliphatic carbocycles. The van der Waals surface area contributed by atoms with Crippen LogP contribution in [0.1, 0.15) is 34.7 Å². The predicted molar refractivity (Wildman–Crippen MR) is 95.3 cm³/mol. The van der Waals surface area contributed by atoms with E-state index >= 15 is 0 Å². The predicted octanol–water partition coefficient (Wildman–Crippen LogP) is 2.72. The lowest BCUT2D eigenvalue weighted by Crippen LogP contribution is -2.25. The van der Waals surface area contributed by atoms with Crippen LogP contribution < -0.4 is 5.32 Å². The van der Waals surface area contributed by atoms with E-state index in [4.69, 9.17) is 4.52 Å². The van der Waals surface area contributed by atoms with E-state index < -0.39 is 0 Å². The van der Waals surface area contributed by atoms with Gasteiger partial charge in [-0.2, -0.15) is 0 Å². The Labute approximate surface area is 146 Å². The summed E-state index contributed by atoms with van der Waals surface area (Å²) in [6.07, 6.45) is 5.24. The zero-order valence-electron chi connectivity index (χ0n) is 14.1. The molecule has 0 spiro atoms. The Balaban J connectivity index is 1.31. The van der Waals surface area contributed by atoms with Crippen molar-refractivity contribution in [1.82, 2.24) is 20.4 Å². The summed E-state index contributed by atoms with van der Waals surface area (Å²) in [5.41, 5.74) is 2.67. The van der Waals surface area contributed by atoms with Crippen molar-refractivity contribution in [3.8, 4) is 0 Å².